The molecule has 158 valence electrons. The molecule has 1 aromatic rings. The zero-order valence-corrected chi connectivity index (χ0v) is 16.0. The van der Waals surface area contributed by atoms with Crippen molar-refractivity contribution < 1.29 is 28.7 Å². The minimum atomic E-state index is -0.971. The Bertz CT molecular complexity index is 725. The molecule has 11 heteroatoms. The fraction of sp³-hybridized carbons (Fsp3) is 0.389. The van der Waals surface area contributed by atoms with Crippen LogP contribution in [0.15, 0.2) is 30.3 Å². The molecule has 1 unspecified atom stereocenters. The van der Waals surface area contributed by atoms with Crippen molar-refractivity contribution in [1.29, 1.82) is 0 Å². The number of hydrogen-bond donors (Lipinski definition) is 5. The summed E-state index contributed by atoms with van der Waals surface area (Å²) in [7, 11) is 0. The lowest BCUT2D eigenvalue weighted by molar-refractivity contribution is -0.143. The van der Waals surface area contributed by atoms with E-state index in [1.807, 2.05) is 6.07 Å². The van der Waals surface area contributed by atoms with Gasteiger partial charge in [-0.2, -0.15) is 0 Å². The first-order valence-corrected chi connectivity index (χ1v) is 8.79. The molecule has 1 rings (SSSR count). The zero-order valence-electron chi connectivity index (χ0n) is 16.0. The van der Waals surface area contributed by atoms with E-state index < -0.39 is 35.6 Å². The molecular formula is C18H25N5O6. The highest BCUT2D eigenvalue weighted by Crippen LogP contribution is 2.03. The summed E-state index contributed by atoms with van der Waals surface area (Å²) in [5, 5.41) is 9.53. The van der Waals surface area contributed by atoms with Crippen molar-refractivity contribution >= 4 is 29.6 Å². The molecule has 29 heavy (non-hydrogen) atoms. The molecule has 0 aliphatic rings. The molecule has 0 saturated heterocycles. The third-order valence-electron chi connectivity index (χ3n) is 3.53. The van der Waals surface area contributed by atoms with Gasteiger partial charge in [-0.05, 0) is 5.56 Å². The van der Waals surface area contributed by atoms with Crippen molar-refractivity contribution in [3.05, 3.63) is 35.9 Å². The highest BCUT2D eigenvalue weighted by molar-refractivity contribution is 5.92. The predicted molar refractivity (Wildman–Crippen MR) is 102 cm³/mol. The van der Waals surface area contributed by atoms with Gasteiger partial charge in [-0.3, -0.25) is 24.0 Å². The molecule has 0 radical (unpaired) electrons. The monoisotopic (exact) mass is 407 g/mol. The van der Waals surface area contributed by atoms with E-state index in [-0.39, 0.29) is 32.8 Å². The van der Waals surface area contributed by atoms with Crippen molar-refractivity contribution in [2.45, 2.75) is 19.4 Å². The summed E-state index contributed by atoms with van der Waals surface area (Å²) in [6, 6.07) is 7.99. The van der Waals surface area contributed by atoms with Gasteiger partial charge in [0.25, 0.3) is 0 Å². The van der Waals surface area contributed by atoms with Crippen molar-refractivity contribution in [3.8, 4) is 0 Å². The predicted octanol–water partition coefficient (Wildman–Crippen LogP) is -2.46. The van der Waals surface area contributed by atoms with E-state index in [2.05, 4.69) is 26.0 Å². The maximum atomic E-state index is 12.5. The van der Waals surface area contributed by atoms with Crippen molar-refractivity contribution in [2.24, 2.45) is 5.73 Å². The number of nitrogens with two attached hydrogens (primary N) is 1. The van der Waals surface area contributed by atoms with Crippen molar-refractivity contribution in [3.63, 3.8) is 0 Å². The molecule has 0 aromatic heterocycles. The number of hydrogen-bond acceptors (Lipinski definition) is 7. The molecule has 1 atom stereocenters. The van der Waals surface area contributed by atoms with Gasteiger partial charge >= 0.3 is 5.97 Å². The summed E-state index contributed by atoms with van der Waals surface area (Å²) < 4.78 is 4.57. The topological polar surface area (TPSA) is 169 Å². The zero-order chi connectivity index (χ0) is 21.6. The third kappa shape index (κ3) is 10.4. The Morgan fingerprint density at radius 1 is 0.931 bits per heavy atom. The number of carbonyl (C=O) groups excluding carboxylic acids is 5. The number of rotatable bonds is 11. The molecule has 0 heterocycles. The van der Waals surface area contributed by atoms with Gasteiger partial charge in [-0.15, -0.1) is 0 Å². The summed E-state index contributed by atoms with van der Waals surface area (Å²) in [5.41, 5.74) is 5.95. The number of benzene rings is 1. The smallest absolute Gasteiger partial charge is 0.304 e. The Hall–Kier alpha value is -3.47. The van der Waals surface area contributed by atoms with Gasteiger partial charge in [0.15, 0.2) is 6.73 Å². The van der Waals surface area contributed by atoms with Crippen LogP contribution in [0.4, 0.5) is 0 Å². The fourth-order valence-corrected chi connectivity index (χ4v) is 2.13. The van der Waals surface area contributed by atoms with Crippen molar-refractivity contribution in [1.82, 2.24) is 21.3 Å². The lowest BCUT2D eigenvalue weighted by Crippen LogP contribution is -2.52. The van der Waals surface area contributed by atoms with Crippen LogP contribution in [0.1, 0.15) is 12.5 Å². The molecule has 6 N–H and O–H groups in total. The Balaban J connectivity index is 2.63. The largest absolute Gasteiger partial charge is 0.445 e. The highest BCUT2D eigenvalue weighted by atomic mass is 16.5. The van der Waals surface area contributed by atoms with E-state index in [9.17, 15) is 24.0 Å². The molecule has 0 aliphatic carbocycles. The maximum Gasteiger partial charge on any atom is 0.304 e. The van der Waals surface area contributed by atoms with Gasteiger partial charge < -0.3 is 31.7 Å². The van der Waals surface area contributed by atoms with Crippen LogP contribution in [-0.4, -0.2) is 62.0 Å². The van der Waals surface area contributed by atoms with Gasteiger partial charge in [0.1, 0.15) is 6.04 Å². The Kier molecular flexibility index (Phi) is 10.4. The summed E-state index contributed by atoms with van der Waals surface area (Å²) in [5.74, 6) is -2.80. The number of esters is 1. The molecular weight excluding hydrogens is 382 g/mol. The minimum Gasteiger partial charge on any atom is -0.445 e. The minimum absolute atomic E-state index is 0.179. The molecule has 0 fully saturated rings. The van der Waals surface area contributed by atoms with Crippen LogP contribution in [0, 0.1) is 0 Å². The Morgan fingerprint density at radius 2 is 1.59 bits per heavy atom. The first-order valence-electron chi connectivity index (χ1n) is 8.79. The van der Waals surface area contributed by atoms with Crippen molar-refractivity contribution in [2.75, 3.05) is 26.4 Å². The van der Waals surface area contributed by atoms with Crippen LogP contribution in [0.3, 0.4) is 0 Å². The molecule has 0 aliphatic heterocycles. The number of carbonyl (C=O) groups is 5. The van der Waals surface area contributed by atoms with E-state index >= 15 is 0 Å². The van der Waals surface area contributed by atoms with Crippen LogP contribution in [0.25, 0.3) is 0 Å². The van der Waals surface area contributed by atoms with Crippen LogP contribution in [0.5, 0.6) is 0 Å². The van der Waals surface area contributed by atoms with E-state index in [0.717, 1.165) is 5.56 Å². The standard InChI is InChI=1S/C18H25N5O6/c1-12(24)29-11-22-16(26)9-21-18(28)14(7-13-5-3-2-4-6-13)23-17(27)10-20-15(25)8-19/h2-6,14H,7-11,19H2,1H3,(H,20,25)(H,21,28)(H,22,26)(H,23,27). The Morgan fingerprint density at radius 3 is 2.21 bits per heavy atom. The number of amides is 4. The summed E-state index contributed by atoms with van der Waals surface area (Å²) in [6.07, 6.45) is 0.179. The molecule has 0 bridgehead atoms. The average Bonchev–Trinajstić information content (AvgIpc) is 2.70. The van der Waals surface area contributed by atoms with E-state index in [0.29, 0.717) is 0 Å². The first-order chi connectivity index (χ1) is 13.8. The molecule has 1 aromatic carbocycles. The SMILES string of the molecule is CC(=O)OCNC(=O)CNC(=O)C(Cc1ccccc1)NC(=O)CNC(=O)CN. The van der Waals surface area contributed by atoms with Gasteiger partial charge in [0.05, 0.1) is 19.6 Å². The van der Waals surface area contributed by atoms with Gasteiger partial charge in [-0.25, -0.2) is 0 Å². The fourth-order valence-electron chi connectivity index (χ4n) is 2.13. The van der Waals surface area contributed by atoms with Crippen LogP contribution in [0.2, 0.25) is 0 Å². The quantitative estimate of drug-likeness (QED) is 0.200. The van der Waals surface area contributed by atoms with Crippen LogP contribution >= 0.6 is 0 Å². The highest BCUT2D eigenvalue weighted by Gasteiger charge is 2.22. The van der Waals surface area contributed by atoms with Crippen LogP contribution in [-0.2, 0) is 35.1 Å². The molecule has 11 nitrogen and oxygen atoms in total. The number of ether oxygens (including phenoxy) is 1. The molecule has 4 amide bonds. The number of nitrogens with one attached hydrogen (secondary N) is 4. The van der Waals surface area contributed by atoms with Gasteiger partial charge in [0, 0.05) is 13.3 Å². The second-order valence-corrected chi connectivity index (χ2v) is 5.89. The third-order valence-corrected chi connectivity index (χ3v) is 3.53. The van der Waals surface area contributed by atoms with Crippen LogP contribution < -0.4 is 27.0 Å². The lowest BCUT2D eigenvalue weighted by Gasteiger charge is -2.19. The second kappa shape index (κ2) is 12.8. The van der Waals surface area contributed by atoms with E-state index in [4.69, 9.17) is 5.73 Å². The Labute approximate surface area is 167 Å². The summed E-state index contributed by atoms with van der Waals surface area (Å²) in [6.45, 7) is -0.0812. The van der Waals surface area contributed by atoms with E-state index in [1.54, 1.807) is 24.3 Å². The average molecular weight is 407 g/mol. The maximum absolute atomic E-state index is 12.5. The summed E-state index contributed by atoms with van der Waals surface area (Å²) >= 11 is 0. The van der Waals surface area contributed by atoms with Gasteiger partial charge in [0.2, 0.25) is 23.6 Å². The van der Waals surface area contributed by atoms with E-state index in [1.165, 1.54) is 6.92 Å². The second-order valence-electron chi connectivity index (χ2n) is 5.89. The molecule has 0 saturated carbocycles. The normalized spacial score (nSPS) is 11.0. The molecule has 0 spiro atoms. The summed E-state index contributed by atoms with van der Waals surface area (Å²) in [4.78, 5) is 58.0. The lowest BCUT2D eigenvalue weighted by atomic mass is 10.1. The first kappa shape index (κ1) is 23.6. The van der Waals surface area contributed by atoms with Gasteiger partial charge in [-0.1, -0.05) is 30.3 Å².